The van der Waals surface area contributed by atoms with Crippen molar-refractivity contribution in [1.29, 1.82) is 0 Å². The van der Waals surface area contributed by atoms with Crippen LogP contribution in [0.15, 0.2) is 170 Å². The molecule has 9 rings (SSSR count). The Hall–Kier alpha value is -5.86. The quantitative estimate of drug-likeness (QED) is 0.203. The van der Waals surface area contributed by atoms with Gasteiger partial charge in [-0.2, -0.15) is 0 Å². The summed E-state index contributed by atoms with van der Waals surface area (Å²) in [6.07, 6.45) is 0. The summed E-state index contributed by atoms with van der Waals surface area (Å²) in [6, 6.07) is 61.4. The van der Waals surface area contributed by atoms with Gasteiger partial charge in [-0.05, 0) is 64.7 Å². The topological polar surface area (TPSA) is 9.86 Å². The van der Waals surface area contributed by atoms with Crippen LogP contribution in [0, 0.1) is 0 Å². The fraction of sp³-hybridized carbons (Fsp3) is 0. The van der Waals surface area contributed by atoms with Gasteiger partial charge >= 0.3 is 0 Å². The van der Waals surface area contributed by atoms with Crippen LogP contribution in [-0.2, 0) is 0 Å². The highest BCUT2D eigenvalue weighted by Gasteiger charge is 2.24. The molecule has 0 radical (unpaired) electrons. The van der Waals surface area contributed by atoms with E-state index in [4.69, 9.17) is 0 Å². The lowest BCUT2D eigenvalue weighted by molar-refractivity contribution is 1.15. The molecule has 0 saturated heterocycles. The molecule has 0 atom stereocenters. The summed E-state index contributed by atoms with van der Waals surface area (Å²) in [5.41, 5.74) is 12.0. The molecule has 0 aliphatic carbocycles. The number of nitrogens with zero attached hydrogens (tertiary/aromatic N) is 2. The summed E-state index contributed by atoms with van der Waals surface area (Å²) in [5.74, 6) is 0. The monoisotopic (exact) mass is 560 g/mol. The summed E-state index contributed by atoms with van der Waals surface area (Å²) in [4.78, 5) is 0. The molecule has 44 heavy (non-hydrogen) atoms. The first-order chi connectivity index (χ1) is 21.9. The van der Waals surface area contributed by atoms with E-state index >= 15 is 0 Å². The van der Waals surface area contributed by atoms with Gasteiger partial charge in [-0.15, -0.1) is 0 Å². The number of aromatic nitrogens is 2. The molecule has 0 fully saturated rings. The van der Waals surface area contributed by atoms with Gasteiger partial charge in [0.1, 0.15) is 0 Å². The zero-order chi connectivity index (χ0) is 29.0. The van der Waals surface area contributed by atoms with Crippen molar-refractivity contribution in [2.24, 2.45) is 0 Å². The maximum atomic E-state index is 2.49. The van der Waals surface area contributed by atoms with Crippen molar-refractivity contribution < 1.29 is 0 Å². The zero-order valence-electron chi connectivity index (χ0n) is 24.1. The molecule has 2 heteroatoms. The number of benzene rings is 7. The Morgan fingerprint density at radius 2 is 0.841 bits per heavy atom. The predicted molar refractivity (Wildman–Crippen MR) is 186 cm³/mol. The molecule has 206 valence electrons. The molecule has 0 saturated carbocycles. The number of fused-ring (bicyclic) bond motifs is 7. The Morgan fingerprint density at radius 1 is 0.318 bits per heavy atom. The van der Waals surface area contributed by atoms with Gasteiger partial charge in [-0.3, -0.25) is 0 Å². The van der Waals surface area contributed by atoms with Gasteiger partial charge in [0, 0.05) is 32.9 Å². The number of hydrogen-bond acceptors (Lipinski definition) is 0. The van der Waals surface area contributed by atoms with E-state index in [9.17, 15) is 0 Å². The summed E-state index contributed by atoms with van der Waals surface area (Å²) in [5, 5.41) is 5.02. The average molecular weight is 561 g/mol. The van der Waals surface area contributed by atoms with Crippen molar-refractivity contribution in [2.45, 2.75) is 0 Å². The first-order valence-electron chi connectivity index (χ1n) is 15.1. The van der Waals surface area contributed by atoms with Crippen LogP contribution < -0.4 is 0 Å². The van der Waals surface area contributed by atoms with Crippen molar-refractivity contribution in [2.75, 3.05) is 0 Å². The van der Waals surface area contributed by atoms with Gasteiger partial charge in [-0.1, -0.05) is 127 Å². The van der Waals surface area contributed by atoms with E-state index in [0.29, 0.717) is 0 Å². The van der Waals surface area contributed by atoms with Crippen LogP contribution in [0.4, 0.5) is 0 Å². The van der Waals surface area contributed by atoms with Gasteiger partial charge in [-0.25, -0.2) is 0 Å². The smallest absolute Gasteiger partial charge is 0.0795 e. The standard InChI is InChI=1S/C42H28N2/c1-4-15-29(16-5-1)31-19-14-22-33(27-31)44-39-26-13-11-24-35(39)40-36(30-17-6-2-7-18-30)28-37-34-23-10-12-25-38(34)43(41(37)42(40)44)32-20-8-3-9-21-32/h1-28H. The molecule has 0 aliphatic rings. The van der Waals surface area contributed by atoms with Gasteiger partial charge < -0.3 is 9.13 Å². The van der Waals surface area contributed by atoms with E-state index in [0.717, 1.165) is 11.4 Å². The van der Waals surface area contributed by atoms with Crippen molar-refractivity contribution in [3.05, 3.63) is 170 Å². The maximum Gasteiger partial charge on any atom is 0.0795 e. The van der Waals surface area contributed by atoms with Crippen LogP contribution in [0.5, 0.6) is 0 Å². The number of rotatable bonds is 4. The normalized spacial score (nSPS) is 11.6. The highest BCUT2D eigenvalue weighted by Crippen LogP contribution is 2.46. The second-order valence-electron chi connectivity index (χ2n) is 11.4. The summed E-state index contributed by atoms with van der Waals surface area (Å²) in [7, 11) is 0. The van der Waals surface area contributed by atoms with Crippen LogP contribution in [-0.4, -0.2) is 9.13 Å². The van der Waals surface area contributed by atoms with E-state index in [2.05, 4.69) is 179 Å². The lowest BCUT2D eigenvalue weighted by atomic mass is 9.96. The van der Waals surface area contributed by atoms with Crippen LogP contribution in [0.3, 0.4) is 0 Å². The fourth-order valence-corrected chi connectivity index (χ4v) is 7.01. The first-order valence-corrected chi connectivity index (χ1v) is 15.1. The van der Waals surface area contributed by atoms with Crippen LogP contribution in [0.1, 0.15) is 0 Å². The van der Waals surface area contributed by atoms with Crippen molar-refractivity contribution in [1.82, 2.24) is 9.13 Å². The molecule has 2 heterocycles. The second-order valence-corrected chi connectivity index (χ2v) is 11.4. The molecule has 0 aliphatic heterocycles. The largest absolute Gasteiger partial charge is 0.307 e. The molecule has 0 unspecified atom stereocenters. The molecule has 0 N–H and O–H groups in total. The predicted octanol–water partition coefficient (Wildman–Crippen LogP) is 11.2. The second kappa shape index (κ2) is 9.86. The lowest BCUT2D eigenvalue weighted by Crippen LogP contribution is -1.99. The van der Waals surface area contributed by atoms with E-state index < -0.39 is 0 Å². The minimum Gasteiger partial charge on any atom is -0.307 e. The minimum absolute atomic E-state index is 1.15. The maximum absolute atomic E-state index is 2.49. The van der Waals surface area contributed by atoms with E-state index in [1.54, 1.807) is 0 Å². The first kappa shape index (κ1) is 24.7. The molecule has 2 aromatic heterocycles. The Labute approximate surface area is 255 Å². The van der Waals surface area contributed by atoms with E-state index in [1.165, 1.54) is 65.9 Å². The van der Waals surface area contributed by atoms with Crippen LogP contribution in [0.2, 0.25) is 0 Å². The zero-order valence-corrected chi connectivity index (χ0v) is 24.1. The third kappa shape index (κ3) is 3.68. The third-order valence-electron chi connectivity index (χ3n) is 8.88. The Balaban J connectivity index is 1.54. The summed E-state index contributed by atoms with van der Waals surface area (Å²) < 4.78 is 4.95. The molecule has 0 amide bonds. The third-order valence-corrected chi connectivity index (χ3v) is 8.88. The lowest BCUT2D eigenvalue weighted by Gasteiger charge is -2.15. The number of hydrogen-bond donors (Lipinski definition) is 0. The molecule has 7 aromatic carbocycles. The number of para-hydroxylation sites is 3. The Bertz CT molecular complexity index is 2470. The summed E-state index contributed by atoms with van der Waals surface area (Å²) in [6.45, 7) is 0. The highest BCUT2D eigenvalue weighted by molar-refractivity contribution is 6.28. The molecular weight excluding hydrogens is 532 g/mol. The van der Waals surface area contributed by atoms with E-state index in [-0.39, 0.29) is 0 Å². The molecule has 9 aromatic rings. The van der Waals surface area contributed by atoms with Gasteiger partial charge in [0.05, 0.1) is 22.1 Å². The van der Waals surface area contributed by atoms with Gasteiger partial charge in [0.2, 0.25) is 0 Å². The van der Waals surface area contributed by atoms with Gasteiger partial charge in [0.25, 0.3) is 0 Å². The molecule has 0 bridgehead atoms. The molecule has 2 nitrogen and oxygen atoms in total. The van der Waals surface area contributed by atoms with Crippen molar-refractivity contribution in [3.63, 3.8) is 0 Å². The molecular formula is C42H28N2. The Kier molecular flexibility index (Phi) is 5.54. The fourth-order valence-electron chi connectivity index (χ4n) is 7.01. The van der Waals surface area contributed by atoms with Gasteiger partial charge in [0.15, 0.2) is 0 Å². The molecule has 0 spiro atoms. The summed E-state index contributed by atoms with van der Waals surface area (Å²) >= 11 is 0. The highest BCUT2D eigenvalue weighted by atomic mass is 15.0. The average Bonchev–Trinajstić information content (AvgIpc) is 3.63. The SMILES string of the molecule is c1ccc(-c2cccc(-n3c4ccccc4c4c(-c5ccccc5)cc5c6ccccc6n(-c6ccccc6)c5c43)c2)cc1. The van der Waals surface area contributed by atoms with E-state index in [1.807, 2.05) is 0 Å². The Morgan fingerprint density at radius 3 is 1.57 bits per heavy atom. The van der Waals surface area contributed by atoms with Crippen LogP contribution >= 0.6 is 0 Å². The van der Waals surface area contributed by atoms with Crippen molar-refractivity contribution >= 4 is 43.6 Å². The minimum atomic E-state index is 1.15. The van der Waals surface area contributed by atoms with Crippen molar-refractivity contribution in [3.8, 4) is 33.6 Å². The van der Waals surface area contributed by atoms with Crippen LogP contribution in [0.25, 0.3) is 77.2 Å².